The van der Waals surface area contributed by atoms with Crippen molar-refractivity contribution >= 4 is 23.9 Å². The number of hydrogen-bond donors (Lipinski definition) is 3. The van der Waals surface area contributed by atoms with E-state index >= 15 is 0 Å². The Balaban J connectivity index is 2.58. The number of rotatable bonds is 14. The van der Waals surface area contributed by atoms with Crippen molar-refractivity contribution in [2.45, 2.75) is 84.4 Å². The molecule has 0 saturated carbocycles. The number of benzene rings is 2. The molecule has 2 aromatic rings. The average Bonchev–Trinajstić information content (AvgIpc) is 2.93. The van der Waals surface area contributed by atoms with Gasteiger partial charge < -0.3 is 30.1 Å². The molecule has 0 spiro atoms. The van der Waals surface area contributed by atoms with E-state index in [1.165, 1.54) is 18.1 Å². The first kappa shape index (κ1) is 34.1. The molecule has 0 heterocycles. The molecule has 0 aliphatic heterocycles. The van der Waals surface area contributed by atoms with E-state index in [0.717, 1.165) is 24.8 Å². The molecule has 0 radical (unpaired) electrons. The maximum absolute atomic E-state index is 14.4. The first-order chi connectivity index (χ1) is 19.9. The number of amides is 3. The topological polar surface area (TPSA) is 134 Å². The van der Waals surface area contributed by atoms with Crippen LogP contribution in [0.15, 0.2) is 48.5 Å². The predicted octanol–water partition coefficient (Wildman–Crippen LogP) is 4.58. The molecule has 2 unspecified atom stereocenters. The largest absolute Gasteiger partial charge is 0.508 e. The highest BCUT2D eigenvalue weighted by molar-refractivity contribution is 5.93. The number of alkyl carbamates (subject to hydrolysis) is 1. The maximum Gasteiger partial charge on any atom is 0.408 e. The molecule has 0 aliphatic carbocycles. The van der Waals surface area contributed by atoms with Crippen LogP contribution in [0.1, 0.15) is 76.1 Å². The van der Waals surface area contributed by atoms with Crippen molar-refractivity contribution in [3.63, 3.8) is 0 Å². The highest BCUT2D eigenvalue weighted by Gasteiger charge is 2.36. The monoisotopic (exact) mass is 583 g/mol. The van der Waals surface area contributed by atoms with Gasteiger partial charge in [-0.05, 0) is 62.9 Å². The fourth-order valence-corrected chi connectivity index (χ4v) is 4.43. The predicted molar refractivity (Wildman–Crippen MR) is 160 cm³/mol. The van der Waals surface area contributed by atoms with Crippen LogP contribution in [0, 0.1) is 6.92 Å². The summed E-state index contributed by atoms with van der Waals surface area (Å²) >= 11 is 0. The van der Waals surface area contributed by atoms with Crippen LogP contribution >= 0.6 is 0 Å². The van der Waals surface area contributed by atoms with Gasteiger partial charge in [-0.15, -0.1) is 0 Å². The van der Waals surface area contributed by atoms with Crippen LogP contribution in [0.5, 0.6) is 5.75 Å². The molecular weight excluding hydrogens is 538 g/mol. The van der Waals surface area contributed by atoms with Crippen LogP contribution in [-0.2, 0) is 30.3 Å². The van der Waals surface area contributed by atoms with E-state index in [2.05, 4.69) is 22.3 Å². The van der Waals surface area contributed by atoms with Gasteiger partial charge in [0.1, 0.15) is 30.0 Å². The van der Waals surface area contributed by atoms with Gasteiger partial charge in [0.2, 0.25) is 11.8 Å². The number of nitrogens with one attached hydrogen (secondary N) is 2. The first-order valence-electron chi connectivity index (χ1n) is 14.3. The summed E-state index contributed by atoms with van der Waals surface area (Å²) in [6.45, 7) is 8.80. The van der Waals surface area contributed by atoms with Crippen molar-refractivity contribution in [3.05, 3.63) is 65.2 Å². The fraction of sp³-hybridized carbons (Fsp3) is 0.500. The number of methoxy groups -OCH3 is 1. The lowest BCUT2D eigenvalue weighted by Gasteiger charge is -2.35. The normalized spacial score (nSPS) is 12.5. The van der Waals surface area contributed by atoms with Crippen molar-refractivity contribution in [1.82, 2.24) is 15.5 Å². The zero-order valence-corrected chi connectivity index (χ0v) is 25.6. The quantitative estimate of drug-likeness (QED) is 0.219. The SMILES string of the molecule is CCCCCCN(C(=O)C(Cc1ccccc1)NC(=O)OC(C)(C)C)C(C(=O)NCC(=O)OC)c1ccc(O)c(C)c1. The molecule has 0 aromatic heterocycles. The molecule has 0 bridgehead atoms. The lowest BCUT2D eigenvalue weighted by Crippen LogP contribution is -2.54. The van der Waals surface area contributed by atoms with Gasteiger partial charge in [0.15, 0.2) is 0 Å². The molecule has 230 valence electrons. The summed E-state index contributed by atoms with van der Waals surface area (Å²) in [7, 11) is 1.22. The second kappa shape index (κ2) is 16.4. The van der Waals surface area contributed by atoms with Gasteiger partial charge >= 0.3 is 12.1 Å². The van der Waals surface area contributed by atoms with Gasteiger partial charge in [-0.2, -0.15) is 0 Å². The van der Waals surface area contributed by atoms with E-state index in [4.69, 9.17) is 4.74 Å². The minimum absolute atomic E-state index is 0.0434. The average molecular weight is 584 g/mol. The number of ether oxygens (including phenoxy) is 2. The maximum atomic E-state index is 14.4. The van der Waals surface area contributed by atoms with Crippen molar-refractivity contribution in [2.24, 2.45) is 0 Å². The minimum Gasteiger partial charge on any atom is -0.508 e. The molecule has 3 amide bonds. The Hall–Kier alpha value is -4.08. The lowest BCUT2D eigenvalue weighted by molar-refractivity contribution is -0.144. The Morgan fingerprint density at radius 1 is 1.00 bits per heavy atom. The van der Waals surface area contributed by atoms with E-state index in [0.29, 0.717) is 17.5 Å². The standard InChI is InChI=1S/C32H45N3O7/c1-7-8-9-13-18-35(28(29(38)33-21-27(37)41-6)24-16-17-26(36)22(2)19-24)30(39)25(20-23-14-11-10-12-15-23)34-31(40)42-32(3,4)5/h10-12,14-17,19,25,28,36H,7-9,13,18,20-21H2,1-6H3,(H,33,38)(H,34,40). The van der Waals surface area contributed by atoms with E-state index in [1.807, 2.05) is 30.3 Å². The Labute approximate surface area is 248 Å². The molecule has 0 fully saturated rings. The van der Waals surface area contributed by atoms with Crippen molar-refractivity contribution < 1.29 is 33.8 Å². The van der Waals surface area contributed by atoms with Crippen LogP contribution in [0.3, 0.4) is 0 Å². The summed E-state index contributed by atoms with van der Waals surface area (Å²) in [5, 5.41) is 15.5. The number of nitrogens with zero attached hydrogens (tertiary/aromatic N) is 1. The van der Waals surface area contributed by atoms with E-state index in [-0.39, 0.29) is 25.3 Å². The van der Waals surface area contributed by atoms with E-state index in [9.17, 15) is 24.3 Å². The van der Waals surface area contributed by atoms with Crippen molar-refractivity contribution in [2.75, 3.05) is 20.2 Å². The number of carbonyl (C=O) groups is 4. The summed E-state index contributed by atoms with van der Waals surface area (Å²) in [4.78, 5) is 54.3. The van der Waals surface area contributed by atoms with Gasteiger partial charge in [-0.25, -0.2) is 4.79 Å². The van der Waals surface area contributed by atoms with Crippen LogP contribution in [-0.4, -0.2) is 65.7 Å². The molecular formula is C32H45N3O7. The second-order valence-corrected chi connectivity index (χ2v) is 11.2. The third-order valence-corrected chi connectivity index (χ3v) is 6.54. The fourth-order valence-electron chi connectivity index (χ4n) is 4.43. The number of hydrogen-bond acceptors (Lipinski definition) is 7. The van der Waals surface area contributed by atoms with Gasteiger partial charge in [0.25, 0.3) is 0 Å². The van der Waals surface area contributed by atoms with Crippen molar-refractivity contribution in [3.8, 4) is 5.75 Å². The smallest absolute Gasteiger partial charge is 0.408 e. The summed E-state index contributed by atoms with van der Waals surface area (Å²) < 4.78 is 10.1. The summed E-state index contributed by atoms with van der Waals surface area (Å²) in [6, 6.07) is 11.7. The number of phenolic OH excluding ortho intramolecular Hbond substituents is 1. The summed E-state index contributed by atoms with van der Waals surface area (Å²) in [6.07, 6.45) is 2.77. The van der Waals surface area contributed by atoms with Crippen LogP contribution < -0.4 is 10.6 Å². The van der Waals surface area contributed by atoms with Gasteiger partial charge in [-0.1, -0.05) is 62.6 Å². The molecule has 0 saturated heterocycles. The molecule has 2 rings (SSSR count). The first-order valence-corrected chi connectivity index (χ1v) is 14.3. The number of phenols is 1. The zero-order valence-electron chi connectivity index (χ0n) is 25.6. The zero-order chi connectivity index (χ0) is 31.3. The van der Waals surface area contributed by atoms with Crippen LogP contribution in [0.25, 0.3) is 0 Å². The molecule has 42 heavy (non-hydrogen) atoms. The van der Waals surface area contributed by atoms with Crippen molar-refractivity contribution in [1.29, 1.82) is 0 Å². The molecule has 3 N–H and O–H groups in total. The van der Waals surface area contributed by atoms with Gasteiger partial charge in [-0.3, -0.25) is 14.4 Å². The van der Waals surface area contributed by atoms with Crippen LogP contribution in [0.2, 0.25) is 0 Å². The number of esters is 1. The van der Waals surface area contributed by atoms with Gasteiger partial charge in [0, 0.05) is 13.0 Å². The lowest BCUT2D eigenvalue weighted by atomic mass is 9.98. The van der Waals surface area contributed by atoms with Crippen LogP contribution in [0.4, 0.5) is 4.79 Å². The highest BCUT2D eigenvalue weighted by atomic mass is 16.6. The Bertz CT molecular complexity index is 1190. The van der Waals surface area contributed by atoms with Gasteiger partial charge in [0.05, 0.1) is 7.11 Å². The summed E-state index contributed by atoms with van der Waals surface area (Å²) in [5.41, 5.74) is 0.992. The summed E-state index contributed by atoms with van der Waals surface area (Å²) in [5.74, 6) is -1.67. The third-order valence-electron chi connectivity index (χ3n) is 6.54. The number of carbonyl (C=O) groups excluding carboxylic acids is 4. The molecule has 2 atom stereocenters. The minimum atomic E-state index is -1.15. The highest BCUT2D eigenvalue weighted by Crippen LogP contribution is 2.28. The Morgan fingerprint density at radius 3 is 2.29 bits per heavy atom. The molecule has 10 heteroatoms. The molecule has 2 aromatic carbocycles. The van der Waals surface area contributed by atoms with E-state index < -0.39 is 41.6 Å². The number of unbranched alkanes of at least 4 members (excludes halogenated alkanes) is 3. The molecule has 10 nitrogen and oxygen atoms in total. The molecule has 0 aliphatic rings. The Morgan fingerprint density at radius 2 is 1.69 bits per heavy atom. The number of aryl methyl sites for hydroxylation is 1. The number of aromatic hydroxyl groups is 1. The van der Waals surface area contributed by atoms with E-state index in [1.54, 1.807) is 39.8 Å². The second-order valence-electron chi connectivity index (χ2n) is 11.2. The Kier molecular flexibility index (Phi) is 13.3. The third kappa shape index (κ3) is 11.1.